The largest absolute Gasteiger partial charge is 0.341 e. The average Bonchev–Trinajstić information content (AvgIpc) is 2.76. The molecule has 0 N–H and O–H groups in total. The third-order valence-electron chi connectivity index (χ3n) is 3.80. The van der Waals surface area contributed by atoms with Crippen molar-refractivity contribution >= 4 is 42.4 Å². The summed E-state index contributed by atoms with van der Waals surface area (Å²) in [5, 5.41) is 0. The van der Waals surface area contributed by atoms with Crippen LogP contribution in [0.2, 0.25) is 0 Å². The van der Waals surface area contributed by atoms with Gasteiger partial charge in [0.1, 0.15) is 0 Å². The van der Waals surface area contributed by atoms with E-state index in [-0.39, 0.29) is 0 Å². The molecule has 0 aliphatic heterocycles. The number of rotatable bonds is 3. The van der Waals surface area contributed by atoms with Gasteiger partial charge in [0.25, 0.3) is 0 Å². The smallest absolute Gasteiger partial charge is 0.256 e. The van der Waals surface area contributed by atoms with E-state index in [9.17, 15) is 6.14 Å². The second kappa shape index (κ2) is 10.4. The Labute approximate surface area is 184 Å². The summed E-state index contributed by atoms with van der Waals surface area (Å²) in [6, 6.07) is 26.6. The zero-order chi connectivity index (χ0) is 19.8. The third-order valence-corrected chi connectivity index (χ3v) is 6.63. The van der Waals surface area contributed by atoms with Crippen molar-refractivity contribution in [2.75, 3.05) is 0 Å². The van der Waals surface area contributed by atoms with Gasteiger partial charge in [0.2, 0.25) is 0 Å². The Balaban J connectivity index is 0.000000162. The molecule has 4 aromatic rings. The molecule has 2 aromatic carbocycles. The molecule has 0 bridgehead atoms. The highest BCUT2D eigenvalue weighted by atomic mass is 127. The Hall–Kier alpha value is -2.20. The summed E-state index contributed by atoms with van der Waals surface area (Å²) in [4.78, 5) is 8.44. The first-order valence-corrected chi connectivity index (χ1v) is 12.3. The van der Waals surface area contributed by atoms with Gasteiger partial charge < -0.3 is 0 Å². The molecule has 2 aromatic heterocycles. The van der Waals surface area contributed by atoms with Crippen LogP contribution < -0.4 is 0 Å². The van der Waals surface area contributed by atoms with Crippen molar-refractivity contribution in [2.24, 2.45) is 0 Å². The fourth-order valence-corrected chi connectivity index (χ4v) is 4.61. The van der Waals surface area contributed by atoms with Crippen molar-refractivity contribution < 1.29 is 6.14 Å². The quantitative estimate of drug-likeness (QED) is 0.256. The van der Waals surface area contributed by atoms with Gasteiger partial charge in [-0.15, -0.1) is 0 Å². The van der Waals surface area contributed by atoms with Crippen LogP contribution in [0.15, 0.2) is 97.3 Å². The minimum Gasteiger partial charge on any atom is -0.256 e. The number of nitrogens with zero attached hydrogens (tertiary/aromatic N) is 2. The summed E-state index contributed by atoms with van der Waals surface area (Å²) in [7, 11) is 0. The van der Waals surface area contributed by atoms with Gasteiger partial charge in [-0.2, -0.15) is 0 Å². The van der Waals surface area contributed by atoms with E-state index in [1.165, 1.54) is 9.13 Å². The molecule has 0 unspecified atom stereocenters. The summed E-state index contributed by atoms with van der Waals surface area (Å²) >= 11 is -1.12. The van der Waals surface area contributed by atoms with E-state index in [4.69, 9.17) is 0 Å². The fourth-order valence-electron chi connectivity index (χ4n) is 2.52. The predicted molar refractivity (Wildman–Crippen MR) is 126 cm³/mol. The molecular weight excluding hydrogens is 578 g/mol. The molecule has 0 amide bonds. The molecule has 0 saturated heterocycles. The van der Waals surface area contributed by atoms with Gasteiger partial charge in [0.05, 0.1) is 15.0 Å². The van der Waals surface area contributed by atoms with E-state index < -0.39 is 19.8 Å². The maximum Gasteiger partial charge on any atom is 0.341 e. The Kier molecular flexibility index (Phi) is 7.61. The van der Waals surface area contributed by atoms with Crippen LogP contribution in [0.5, 0.6) is 0 Å². The van der Waals surface area contributed by atoms with E-state index in [2.05, 4.69) is 44.7 Å². The number of pyridine rings is 2. The molecule has 0 aliphatic rings. The molecule has 2 heterocycles. The summed E-state index contributed by atoms with van der Waals surface area (Å²) in [6.07, 6.45) is 3.47. The Morgan fingerprint density at radius 1 is 0.607 bits per heavy atom. The summed E-state index contributed by atoms with van der Waals surface area (Å²) < 4.78 is 23.8. The standard InChI is InChI=1S/C11H8INO2.C11H8IN/c14-12(15)10-6-2-1-5-9(10)11-7-3-4-8-13-11;12-10-6-2-1-5-9(10)11-7-3-4-8-13-11/h1-8H;1-8H. The van der Waals surface area contributed by atoms with Gasteiger partial charge in [0.15, 0.2) is 0 Å². The van der Waals surface area contributed by atoms with Gasteiger partial charge in [-0.05, 0) is 59.0 Å². The van der Waals surface area contributed by atoms with Crippen LogP contribution in [-0.2, 0) is 6.14 Å². The normalized spacial score (nSPS) is 10.2. The second-order valence-corrected chi connectivity index (χ2v) is 9.17. The molecule has 140 valence electrons. The van der Waals surface area contributed by atoms with Gasteiger partial charge in [-0.3, -0.25) is 9.97 Å². The first-order valence-electron chi connectivity index (χ1n) is 8.38. The van der Waals surface area contributed by atoms with Crippen molar-refractivity contribution in [3.05, 3.63) is 104 Å². The average molecular weight is 594 g/mol. The summed E-state index contributed by atoms with van der Waals surface area (Å²) in [6.45, 7) is 0. The molecule has 0 radical (unpaired) electrons. The molecule has 0 fully saturated rings. The molecule has 4 nitrogen and oxygen atoms in total. The lowest BCUT2D eigenvalue weighted by molar-refractivity contribution is 0.610. The molecule has 0 atom stereocenters. The second-order valence-electron chi connectivity index (χ2n) is 5.61. The van der Waals surface area contributed by atoms with E-state index in [0.717, 1.165) is 5.69 Å². The van der Waals surface area contributed by atoms with Gasteiger partial charge in [0, 0.05) is 27.1 Å². The number of benzene rings is 2. The van der Waals surface area contributed by atoms with Crippen LogP contribution in [0, 0.1) is 7.14 Å². The van der Waals surface area contributed by atoms with Crippen molar-refractivity contribution in [3.63, 3.8) is 0 Å². The summed E-state index contributed by atoms with van der Waals surface area (Å²) in [5.74, 6) is 0. The maximum atomic E-state index is 11.1. The monoisotopic (exact) mass is 594 g/mol. The number of hydrogen-bond acceptors (Lipinski definition) is 4. The van der Waals surface area contributed by atoms with Crippen molar-refractivity contribution in [2.45, 2.75) is 0 Å². The Morgan fingerprint density at radius 3 is 1.64 bits per heavy atom. The molecule has 6 heteroatoms. The lowest BCUT2D eigenvalue weighted by Crippen LogP contribution is -1.85. The lowest BCUT2D eigenvalue weighted by atomic mass is 10.1. The number of aromatic nitrogens is 2. The SMILES string of the molecule is Ic1ccccc1-c1ccccn1.O=I(=O)c1ccccc1-c1ccccn1. The van der Waals surface area contributed by atoms with Crippen LogP contribution in [0.4, 0.5) is 0 Å². The lowest BCUT2D eigenvalue weighted by Gasteiger charge is -2.01. The van der Waals surface area contributed by atoms with E-state index in [1.807, 2.05) is 48.7 Å². The molecule has 28 heavy (non-hydrogen) atoms. The van der Waals surface area contributed by atoms with Crippen molar-refractivity contribution in [1.82, 2.24) is 9.97 Å². The van der Waals surface area contributed by atoms with Crippen molar-refractivity contribution in [1.29, 1.82) is 0 Å². The van der Waals surface area contributed by atoms with Crippen molar-refractivity contribution in [3.8, 4) is 22.5 Å². The number of hydrogen-bond donors (Lipinski definition) is 0. The highest BCUT2D eigenvalue weighted by molar-refractivity contribution is 14.2. The fraction of sp³-hybridized carbons (Fsp3) is 0. The molecule has 0 spiro atoms. The van der Waals surface area contributed by atoms with Gasteiger partial charge >= 0.3 is 19.8 Å². The summed E-state index contributed by atoms with van der Waals surface area (Å²) in [5.41, 5.74) is 3.62. The maximum absolute atomic E-state index is 11.1. The first-order chi connectivity index (χ1) is 13.7. The van der Waals surface area contributed by atoms with Crippen LogP contribution in [0.1, 0.15) is 0 Å². The third kappa shape index (κ3) is 5.41. The zero-order valence-corrected chi connectivity index (χ0v) is 19.0. The van der Waals surface area contributed by atoms with E-state index >= 15 is 0 Å². The Bertz CT molecular complexity index is 1110. The Morgan fingerprint density at radius 2 is 1.11 bits per heavy atom. The highest BCUT2D eigenvalue weighted by Gasteiger charge is 2.08. The minimum atomic E-state index is -3.45. The van der Waals surface area contributed by atoms with Crippen LogP contribution >= 0.6 is 42.4 Å². The minimum absolute atomic E-state index is 0.403. The predicted octanol–water partition coefficient (Wildman–Crippen LogP) is 6.47. The van der Waals surface area contributed by atoms with Crippen LogP contribution in [0.3, 0.4) is 0 Å². The van der Waals surface area contributed by atoms with Crippen LogP contribution in [0.25, 0.3) is 22.5 Å². The van der Waals surface area contributed by atoms with E-state index in [1.54, 1.807) is 36.5 Å². The topological polar surface area (TPSA) is 59.9 Å². The first kappa shape index (κ1) is 20.5. The van der Waals surface area contributed by atoms with Gasteiger partial charge in [-0.1, -0.05) is 48.5 Å². The number of halogens is 2. The van der Waals surface area contributed by atoms with Crippen LogP contribution in [-0.4, -0.2) is 9.97 Å². The molecule has 0 saturated carbocycles. The molecule has 0 aliphatic carbocycles. The zero-order valence-electron chi connectivity index (χ0n) is 14.7. The molecular formula is C22H16I2N2O2. The highest BCUT2D eigenvalue weighted by Crippen LogP contribution is 2.28. The molecule has 4 rings (SSSR count). The van der Waals surface area contributed by atoms with Gasteiger partial charge in [-0.25, -0.2) is 6.14 Å². The van der Waals surface area contributed by atoms with E-state index in [0.29, 0.717) is 14.8 Å².